The molecule has 2 N–H and O–H groups in total. The molecule has 20 heavy (non-hydrogen) atoms. The van der Waals surface area contributed by atoms with Crippen LogP contribution in [0.15, 0.2) is 12.4 Å². The highest BCUT2D eigenvalue weighted by Gasteiger charge is 2.25. The summed E-state index contributed by atoms with van der Waals surface area (Å²) in [7, 11) is 3.29. The summed E-state index contributed by atoms with van der Waals surface area (Å²) >= 11 is 0. The monoisotopic (exact) mass is 278 g/mol. The molecule has 0 spiro atoms. The summed E-state index contributed by atoms with van der Waals surface area (Å²) in [5.41, 5.74) is 0. The normalized spacial score (nSPS) is 22.1. The Labute approximate surface area is 119 Å². The fourth-order valence-electron chi connectivity index (χ4n) is 2.67. The zero-order valence-corrected chi connectivity index (χ0v) is 12.1. The van der Waals surface area contributed by atoms with Crippen molar-refractivity contribution in [2.24, 2.45) is 11.8 Å². The SMILES string of the molecule is CNC(=O)C1CCC(CNc2nccnc2OC)CC1. The Morgan fingerprint density at radius 3 is 2.65 bits per heavy atom. The average Bonchev–Trinajstić information content (AvgIpc) is 2.53. The van der Waals surface area contributed by atoms with Gasteiger partial charge in [-0.05, 0) is 31.6 Å². The standard InChI is InChI=1S/C14H22N4O2/c1-15-13(19)11-5-3-10(4-6-11)9-18-12-14(20-2)17-8-7-16-12/h7-8,10-11H,3-6,9H2,1-2H3,(H,15,19)(H,16,18). The highest BCUT2D eigenvalue weighted by Crippen LogP contribution is 2.29. The molecule has 1 aromatic heterocycles. The highest BCUT2D eigenvalue weighted by atomic mass is 16.5. The van der Waals surface area contributed by atoms with Crippen molar-refractivity contribution < 1.29 is 9.53 Å². The van der Waals surface area contributed by atoms with Gasteiger partial charge in [-0.2, -0.15) is 0 Å². The average molecular weight is 278 g/mol. The maximum absolute atomic E-state index is 11.6. The summed E-state index contributed by atoms with van der Waals surface area (Å²) in [5, 5.41) is 6.03. The number of anilines is 1. The second kappa shape index (κ2) is 7.07. The minimum absolute atomic E-state index is 0.173. The number of nitrogens with one attached hydrogen (secondary N) is 2. The summed E-state index contributed by atoms with van der Waals surface area (Å²) in [6.45, 7) is 0.843. The topological polar surface area (TPSA) is 76.1 Å². The molecule has 0 unspecified atom stereocenters. The first-order valence-electron chi connectivity index (χ1n) is 7.05. The van der Waals surface area contributed by atoms with Crippen molar-refractivity contribution >= 4 is 11.7 Å². The van der Waals surface area contributed by atoms with Gasteiger partial charge in [0.25, 0.3) is 5.88 Å². The molecule has 1 fully saturated rings. The number of nitrogens with zero attached hydrogens (tertiary/aromatic N) is 2. The van der Waals surface area contributed by atoms with Gasteiger partial charge in [-0.1, -0.05) is 0 Å². The van der Waals surface area contributed by atoms with Crippen molar-refractivity contribution in [1.29, 1.82) is 0 Å². The first-order chi connectivity index (χ1) is 9.74. The number of carbonyl (C=O) groups excluding carboxylic acids is 1. The summed E-state index contributed by atoms with van der Waals surface area (Å²) < 4.78 is 5.16. The van der Waals surface area contributed by atoms with Crippen LogP contribution in [0.3, 0.4) is 0 Å². The predicted molar refractivity (Wildman–Crippen MR) is 76.6 cm³/mol. The minimum atomic E-state index is 0.173. The van der Waals surface area contributed by atoms with E-state index in [0.717, 1.165) is 32.2 Å². The molecule has 6 heteroatoms. The molecule has 0 radical (unpaired) electrons. The van der Waals surface area contributed by atoms with Crippen LogP contribution < -0.4 is 15.4 Å². The molecule has 0 aromatic carbocycles. The molecule has 1 heterocycles. The van der Waals surface area contributed by atoms with Crippen molar-refractivity contribution in [3.63, 3.8) is 0 Å². The molecule has 0 saturated heterocycles. The largest absolute Gasteiger partial charge is 0.478 e. The molecule has 1 aliphatic rings. The fraction of sp³-hybridized carbons (Fsp3) is 0.643. The van der Waals surface area contributed by atoms with Crippen LogP contribution in [-0.2, 0) is 4.79 Å². The second-order valence-corrected chi connectivity index (χ2v) is 5.13. The smallest absolute Gasteiger partial charge is 0.257 e. The number of amides is 1. The summed E-state index contributed by atoms with van der Waals surface area (Å²) in [4.78, 5) is 19.9. The zero-order chi connectivity index (χ0) is 14.4. The van der Waals surface area contributed by atoms with Crippen molar-refractivity contribution in [2.45, 2.75) is 25.7 Å². The van der Waals surface area contributed by atoms with E-state index in [9.17, 15) is 4.79 Å². The Kier molecular flexibility index (Phi) is 5.15. The van der Waals surface area contributed by atoms with Crippen molar-refractivity contribution in [3.8, 4) is 5.88 Å². The van der Waals surface area contributed by atoms with Crippen LogP contribution in [0.5, 0.6) is 5.88 Å². The van der Waals surface area contributed by atoms with Gasteiger partial charge in [0, 0.05) is 31.9 Å². The lowest BCUT2D eigenvalue weighted by Gasteiger charge is -2.27. The number of aromatic nitrogens is 2. The van der Waals surface area contributed by atoms with E-state index in [1.54, 1.807) is 26.6 Å². The zero-order valence-electron chi connectivity index (χ0n) is 12.1. The number of hydrogen-bond donors (Lipinski definition) is 2. The Balaban J connectivity index is 1.80. The number of carbonyl (C=O) groups is 1. The summed E-state index contributed by atoms with van der Waals surface area (Å²) in [6.07, 6.45) is 7.31. The van der Waals surface area contributed by atoms with Gasteiger partial charge in [0.15, 0.2) is 5.82 Å². The molecular formula is C14H22N4O2. The number of hydrogen-bond acceptors (Lipinski definition) is 5. The van der Waals surface area contributed by atoms with E-state index in [-0.39, 0.29) is 11.8 Å². The van der Waals surface area contributed by atoms with E-state index in [2.05, 4.69) is 20.6 Å². The first-order valence-corrected chi connectivity index (χ1v) is 7.05. The van der Waals surface area contributed by atoms with Crippen LogP contribution in [0, 0.1) is 11.8 Å². The molecule has 0 atom stereocenters. The van der Waals surface area contributed by atoms with Crippen LogP contribution in [0.1, 0.15) is 25.7 Å². The minimum Gasteiger partial charge on any atom is -0.478 e. The van der Waals surface area contributed by atoms with Crippen LogP contribution in [-0.4, -0.2) is 36.6 Å². The van der Waals surface area contributed by atoms with E-state index >= 15 is 0 Å². The molecule has 1 aliphatic carbocycles. The second-order valence-electron chi connectivity index (χ2n) is 5.13. The third-order valence-electron chi connectivity index (χ3n) is 3.88. The first kappa shape index (κ1) is 14.6. The third-order valence-corrected chi connectivity index (χ3v) is 3.88. The van der Waals surface area contributed by atoms with E-state index < -0.39 is 0 Å². The molecule has 110 valence electrons. The Morgan fingerprint density at radius 1 is 1.30 bits per heavy atom. The van der Waals surface area contributed by atoms with Crippen LogP contribution >= 0.6 is 0 Å². The third kappa shape index (κ3) is 3.59. The van der Waals surface area contributed by atoms with E-state index in [1.807, 2.05) is 0 Å². The van der Waals surface area contributed by atoms with Gasteiger partial charge in [-0.3, -0.25) is 4.79 Å². The van der Waals surface area contributed by atoms with Gasteiger partial charge >= 0.3 is 0 Å². The van der Waals surface area contributed by atoms with E-state index in [4.69, 9.17) is 4.74 Å². The van der Waals surface area contributed by atoms with Gasteiger partial charge in [-0.15, -0.1) is 0 Å². The van der Waals surface area contributed by atoms with Gasteiger partial charge in [0.2, 0.25) is 5.91 Å². The van der Waals surface area contributed by atoms with Crippen LogP contribution in [0.25, 0.3) is 0 Å². The van der Waals surface area contributed by atoms with Crippen molar-refractivity contribution in [1.82, 2.24) is 15.3 Å². The molecule has 0 bridgehead atoms. The molecule has 1 amide bonds. The number of methoxy groups -OCH3 is 1. The molecular weight excluding hydrogens is 256 g/mol. The lowest BCUT2D eigenvalue weighted by atomic mass is 9.81. The van der Waals surface area contributed by atoms with Crippen LogP contribution in [0.2, 0.25) is 0 Å². The Morgan fingerprint density at radius 2 is 2.00 bits per heavy atom. The van der Waals surface area contributed by atoms with Gasteiger partial charge in [0.05, 0.1) is 7.11 Å². The fourth-order valence-corrected chi connectivity index (χ4v) is 2.67. The maximum atomic E-state index is 11.6. The molecule has 0 aliphatic heterocycles. The van der Waals surface area contributed by atoms with Crippen LogP contribution in [0.4, 0.5) is 5.82 Å². The lowest BCUT2D eigenvalue weighted by molar-refractivity contribution is -0.125. The summed E-state index contributed by atoms with van der Waals surface area (Å²) in [6, 6.07) is 0. The number of ether oxygens (including phenoxy) is 1. The van der Waals surface area contributed by atoms with E-state index in [1.165, 1.54) is 0 Å². The quantitative estimate of drug-likeness (QED) is 0.852. The van der Waals surface area contributed by atoms with E-state index in [0.29, 0.717) is 17.6 Å². The van der Waals surface area contributed by atoms with Gasteiger partial charge in [0.1, 0.15) is 0 Å². The maximum Gasteiger partial charge on any atom is 0.257 e. The Bertz CT molecular complexity index is 445. The van der Waals surface area contributed by atoms with Gasteiger partial charge in [-0.25, -0.2) is 9.97 Å². The molecule has 1 saturated carbocycles. The lowest BCUT2D eigenvalue weighted by Crippen LogP contribution is -2.32. The molecule has 1 aromatic rings. The Hall–Kier alpha value is -1.85. The highest BCUT2D eigenvalue weighted by molar-refractivity contribution is 5.78. The van der Waals surface area contributed by atoms with Crippen molar-refractivity contribution in [2.75, 3.05) is 26.0 Å². The molecule has 6 nitrogen and oxygen atoms in total. The van der Waals surface area contributed by atoms with Gasteiger partial charge < -0.3 is 15.4 Å². The molecule has 2 rings (SSSR count). The predicted octanol–water partition coefficient (Wildman–Crippen LogP) is 1.45. The number of rotatable bonds is 5. The summed E-state index contributed by atoms with van der Waals surface area (Å²) in [5.74, 6) is 2.13. The van der Waals surface area contributed by atoms with Crippen molar-refractivity contribution in [3.05, 3.63) is 12.4 Å².